The van der Waals surface area contributed by atoms with Crippen LogP contribution in [0.3, 0.4) is 0 Å². The van der Waals surface area contributed by atoms with Gasteiger partial charge in [-0.3, -0.25) is 0 Å². The predicted molar refractivity (Wildman–Crippen MR) is 83.6 cm³/mol. The summed E-state index contributed by atoms with van der Waals surface area (Å²) in [7, 11) is 0. The summed E-state index contributed by atoms with van der Waals surface area (Å²) in [4.78, 5) is 0. The lowest BCUT2D eigenvalue weighted by Crippen LogP contribution is -2.63. The number of hydrogen-bond acceptors (Lipinski definition) is 3. The van der Waals surface area contributed by atoms with Crippen molar-refractivity contribution >= 4 is 0 Å². The van der Waals surface area contributed by atoms with Gasteiger partial charge in [-0.15, -0.1) is 0 Å². The molecule has 0 aliphatic carbocycles. The molecule has 0 radical (unpaired) electrons. The Bertz CT molecular complexity index is 473. The van der Waals surface area contributed by atoms with Crippen molar-refractivity contribution in [2.75, 3.05) is 0 Å². The Labute approximate surface area is 128 Å². The molecule has 0 amide bonds. The van der Waals surface area contributed by atoms with Gasteiger partial charge in [0.15, 0.2) is 5.79 Å². The van der Waals surface area contributed by atoms with Crippen LogP contribution in [0.5, 0.6) is 0 Å². The molecule has 1 aromatic rings. The minimum atomic E-state index is -1.30. The highest BCUT2D eigenvalue weighted by Crippen LogP contribution is 2.51. The van der Waals surface area contributed by atoms with E-state index in [1.54, 1.807) is 0 Å². The summed E-state index contributed by atoms with van der Waals surface area (Å²) in [5.74, 6) is -1.57. The third-order valence-corrected chi connectivity index (χ3v) is 5.26. The minimum Gasteiger partial charge on any atom is -0.384 e. The Kier molecular flexibility index (Phi) is 4.48. The first-order valence-electron chi connectivity index (χ1n) is 7.95. The summed E-state index contributed by atoms with van der Waals surface area (Å²) in [5.41, 5.74) is -0.245. The van der Waals surface area contributed by atoms with Crippen LogP contribution in [-0.2, 0) is 10.3 Å². The molecule has 5 atom stereocenters. The smallest absolute Gasteiger partial charge is 0.171 e. The maximum absolute atomic E-state index is 11.5. The lowest BCUT2D eigenvalue weighted by atomic mass is 9.64. The zero-order valence-corrected chi connectivity index (χ0v) is 13.7. The van der Waals surface area contributed by atoms with Crippen LogP contribution in [0, 0.1) is 17.8 Å². The second kappa shape index (κ2) is 5.71. The standard InChI is InChI=1S/C18H28O3/c1-6-17(19)14(5)18(20,15-10-8-7-9-11-15)13(4)16(21-17)12(2)3/h7-14,16,19-20H,6H2,1-5H3/t13-,14+,16-,17+,18-/m1/s1. The molecule has 2 N–H and O–H groups in total. The van der Waals surface area contributed by atoms with Gasteiger partial charge in [-0.2, -0.15) is 0 Å². The molecule has 1 aliphatic heterocycles. The zero-order chi connectivity index (χ0) is 15.8. The van der Waals surface area contributed by atoms with Crippen LogP contribution < -0.4 is 0 Å². The van der Waals surface area contributed by atoms with Gasteiger partial charge in [0, 0.05) is 11.8 Å². The molecule has 1 heterocycles. The molecule has 1 aliphatic rings. The number of aliphatic hydroxyl groups is 2. The van der Waals surface area contributed by atoms with Crippen LogP contribution in [-0.4, -0.2) is 22.1 Å². The van der Waals surface area contributed by atoms with Gasteiger partial charge in [0.05, 0.1) is 6.10 Å². The fourth-order valence-corrected chi connectivity index (χ4v) is 3.75. The first-order valence-corrected chi connectivity index (χ1v) is 7.95. The number of hydrogen-bond donors (Lipinski definition) is 2. The topological polar surface area (TPSA) is 49.7 Å². The lowest BCUT2D eigenvalue weighted by Gasteiger charge is -2.55. The summed E-state index contributed by atoms with van der Waals surface area (Å²) < 4.78 is 6.02. The molecular formula is C18H28O3. The van der Waals surface area contributed by atoms with Crippen molar-refractivity contribution in [1.29, 1.82) is 0 Å². The maximum Gasteiger partial charge on any atom is 0.171 e. The normalized spacial score (nSPS) is 40.5. The fourth-order valence-electron chi connectivity index (χ4n) is 3.75. The highest BCUT2D eigenvalue weighted by Gasteiger charge is 2.58. The quantitative estimate of drug-likeness (QED) is 0.898. The van der Waals surface area contributed by atoms with E-state index in [-0.39, 0.29) is 17.9 Å². The second-order valence-corrected chi connectivity index (χ2v) is 6.73. The highest BCUT2D eigenvalue weighted by molar-refractivity contribution is 5.26. The molecule has 2 rings (SSSR count). The van der Waals surface area contributed by atoms with Gasteiger partial charge in [0.25, 0.3) is 0 Å². The Morgan fingerprint density at radius 3 is 2.19 bits per heavy atom. The van der Waals surface area contributed by atoms with E-state index in [1.807, 2.05) is 51.1 Å². The van der Waals surface area contributed by atoms with Crippen LogP contribution in [0.4, 0.5) is 0 Å². The summed E-state index contributed by atoms with van der Waals surface area (Å²) in [6, 6.07) is 9.67. The fraction of sp³-hybridized carbons (Fsp3) is 0.667. The average molecular weight is 292 g/mol. The Hall–Kier alpha value is -0.900. The largest absolute Gasteiger partial charge is 0.384 e. The van der Waals surface area contributed by atoms with Crippen molar-refractivity contribution < 1.29 is 14.9 Å². The molecule has 0 aromatic heterocycles. The Balaban J connectivity index is 2.54. The van der Waals surface area contributed by atoms with Crippen molar-refractivity contribution in [2.45, 2.75) is 58.5 Å². The van der Waals surface area contributed by atoms with E-state index in [0.29, 0.717) is 6.42 Å². The van der Waals surface area contributed by atoms with Gasteiger partial charge >= 0.3 is 0 Å². The van der Waals surface area contributed by atoms with E-state index in [0.717, 1.165) is 5.56 Å². The molecule has 0 bridgehead atoms. The number of ether oxygens (including phenoxy) is 1. The molecule has 1 fully saturated rings. The molecule has 1 aromatic carbocycles. The molecule has 3 heteroatoms. The monoisotopic (exact) mass is 292 g/mol. The molecule has 0 saturated carbocycles. The predicted octanol–water partition coefficient (Wildman–Crippen LogP) is 3.30. The maximum atomic E-state index is 11.5. The summed E-state index contributed by atoms with van der Waals surface area (Å²) >= 11 is 0. The van der Waals surface area contributed by atoms with E-state index >= 15 is 0 Å². The molecular weight excluding hydrogens is 264 g/mol. The highest BCUT2D eigenvalue weighted by atomic mass is 16.6. The average Bonchev–Trinajstić information content (AvgIpc) is 2.49. The zero-order valence-electron chi connectivity index (χ0n) is 13.7. The minimum absolute atomic E-state index is 0.0956. The molecule has 0 unspecified atom stereocenters. The molecule has 21 heavy (non-hydrogen) atoms. The first kappa shape index (κ1) is 16.5. The van der Waals surface area contributed by atoms with Crippen molar-refractivity contribution in [3.63, 3.8) is 0 Å². The van der Waals surface area contributed by atoms with Crippen molar-refractivity contribution in [3.8, 4) is 0 Å². The Morgan fingerprint density at radius 2 is 1.71 bits per heavy atom. The van der Waals surface area contributed by atoms with Gasteiger partial charge in [-0.1, -0.05) is 65.0 Å². The van der Waals surface area contributed by atoms with Crippen LogP contribution >= 0.6 is 0 Å². The van der Waals surface area contributed by atoms with E-state index < -0.39 is 17.3 Å². The van der Waals surface area contributed by atoms with Crippen molar-refractivity contribution in [2.24, 2.45) is 17.8 Å². The van der Waals surface area contributed by atoms with E-state index in [9.17, 15) is 10.2 Å². The van der Waals surface area contributed by atoms with Crippen molar-refractivity contribution in [3.05, 3.63) is 35.9 Å². The van der Waals surface area contributed by atoms with E-state index in [1.165, 1.54) is 0 Å². The van der Waals surface area contributed by atoms with Gasteiger partial charge in [0.2, 0.25) is 0 Å². The third-order valence-electron chi connectivity index (χ3n) is 5.26. The van der Waals surface area contributed by atoms with Crippen LogP contribution in [0.25, 0.3) is 0 Å². The molecule has 0 spiro atoms. The van der Waals surface area contributed by atoms with Gasteiger partial charge in [0.1, 0.15) is 5.60 Å². The van der Waals surface area contributed by atoms with Crippen LogP contribution in [0.15, 0.2) is 30.3 Å². The van der Waals surface area contributed by atoms with E-state index in [2.05, 4.69) is 13.8 Å². The number of benzene rings is 1. The third kappa shape index (κ3) is 2.52. The summed E-state index contributed by atoms with van der Waals surface area (Å²) in [6.07, 6.45) is 0.274. The SMILES string of the molecule is CC[C@]1(O)O[C@H](C(C)C)[C@@H](C)[C@](O)(c2ccccc2)[C@H]1C. The summed E-state index contributed by atoms with van der Waals surface area (Å²) in [5, 5.41) is 22.4. The van der Waals surface area contributed by atoms with Crippen molar-refractivity contribution in [1.82, 2.24) is 0 Å². The number of rotatable bonds is 3. The second-order valence-electron chi connectivity index (χ2n) is 6.73. The van der Waals surface area contributed by atoms with Crippen LogP contribution in [0.2, 0.25) is 0 Å². The molecule has 1 saturated heterocycles. The van der Waals surface area contributed by atoms with Gasteiger partial charge < -0.3 is 14.9 Å². The van der Waals surface area contributed by atoms with Gasteiger partial charge in [-0.25, -0.2) is 0 Å². The molecule has 118 valence electrons. The summed E-state index contributed by atoms with van der Waals surface area (Å²) in [6.45, 7) is 9.93. The lowest BCUT2D eigenvalue weighted by molar-refractivity contribution is -0.354. The molecule has 3 nitrogen and oxygen atoms in total. The van der Waals surface area contributed by atoms with Crippen LogP contribution in [0.1, 0.15) is 46.6 Å². The van der Waals surface area contributed by atoms with Gasteiger partial charge in [-0.05, 0) is 17.9 Å². The Morgan fingerprint density at radius 1 is 1.14 bits per heavy atom. The first-order chi connectivity index (χ1) is 9.77. The van der Waals surface area contributed by atoms with E-state index in [4.69, 9.17) is 4.74 Å².